The standard InChI is InChI=1S/C22H26N4O7S/c1-33-20-8-7-18(16-19(20)26(29)30)34(31,32)25-13-11-24(12-14-25)22(28)9-10-23-21(27)15-17-5-3-2-4-6-17/h2-8,16H,9-15H2,1H3,(H,23,27). The number of ether oxygens (including phenoxy) is 1. The summed E-state index contributed by atoms with van der Waals surface area (Å²) in [4.78, 5) is 36.3. The number of rotatable bonds is 9. The fraction of sp³-hybridized carbons (Fsp3) is 0.364. The van der Waals surface area contributed by atoms with Crippen LogP contribution in [0.25, 0.3) is 0 Å². The van der Waals surface area contributed by atoms with E-state index in [1.807, 2.05) is 30.3 Å². The number of nitro benzene ring substituents is 1. The molecule has 1 N–H and O–H groups in total. The third kappa shape index (κ3) is 6.08. The maximum absolute atomic E-state index is 12.9. The molecule has 0 unspecified atom stereocenters. The van der Waals surface area contributed by atoms with Crippen molar-refractivity contribution in [2.45, 2.75) is 17.7 Å². The lowest BCUT2D eigenvalue weighted by Crippen LogP contribution is -2.50. The van der Waals surface area contributed by atoms with Crippen LogP contribution in [0.4, 0.5) is 5.69 Å². The Balaban J connectivity index is 1.50. The zero-order valence-electron chi connectivity index (χ0n) is 18.7. The van der Waals surface area contributed by atoms with Gasteiger partial charge in [-0.3, -0.25) is 19.7 Å². The minimum absolute atomic E-state index is 0.0322. The molecule has 2 amide bonds. The van der Waals surface area contributed by atoms with Gasteiger partial charge in [-0.2, -0.15) is 4.31 Å². The van der Waals surface area contributed by atoms with Crippen LogP contribution < -0.4 is 10.1 Å². The summed E-state index contributed by atoms with van der Waals surface area (Å²) in [5.74, 6) is -0.393. The van der Waals surface area contributed by atoms with Crippen molar-refractivity contribution in [1.82, 2.24) is 14.5 Å². The molecule has 0 aromatic heterocycles. The Morgan fingerprint density at radius 2 is 1.76 bits per heavy atom. The van der Waals surface area contributed by atoms with Crippen LogP contribution in [0.2, 0.25) is 0 Å². The molecule has 1 aliphatic heterocycles. The lowest BCUT2D eigenvalue weighted by atomic mass is 10.1. The molecule has 182 valence electrons. The highest BCUT2D eigenvalue weighted by Crippen LogP contribution is 2.30. The van der Waals surface area contributed by atoms with Crippen molar-refractivity contribution in [2.75, 3.05) is 39.8 Å². The number of methoxy groups -OCH3 is 1. The fourth-order valence-electron chi connectivity index (χ4n) is 3.61. The summed E-state index contributed by atoms with van der Waals surface area (Å²) in [6.45, 7) is 0.698. The predicted octanol–water partition coefficient (Wildman–Crippen LogP) is 1.19. The molecule has 3 rings (SSSR count). The monoisotopic (exact) mass is 490 g/mol. The Labute approximate surface area is 197 Å². The molecule has 0 radical (unpaired) electrons. The van der Waals surface area contributed by atoms with E-state index >= 15 is 0 Å². The van der Waals surface area contributed by atoms with Crippen LogP contribution >= 0.6 is 0 Å². The molecule has 0 bridgehead atoms. The molecular formula is C22H26N4O7S. The van der Waals surface area contributed by atoms with Crippen molar-refractivity contribution in [3.8, 4) is 5.75 Å². The number of nitrogens with one attached hydrogen (secondary N) is 1. The van der Waals surface area contributed by atoms with Crippen LogP contribution in [0.3, 0.4) is 0 Å². The van der Waals surface area contributed by atoms with Gasteiger partial charge in [0.05, 0.1) is 23.3 Å². The van der Waals surface area contributed by atoms with Gasteiger partial charge in [0.15, 0.2) is 5.75 Å². The molecule has 34 heavy (non-hydrogen) atoms. The minimum atomic E-state index is -3.97. The van der Waals surface area contributed by atoms with E-state index in [2.05, 4.69) is 5.32 Å². The van der Waals surface area contributed by atoms with E-state index in [0.29, 0.717) is 0 Å². The van der Waals surface area contributed by atoms with Crippen LogP contribution in [0.15, 0.2) is 53.4 Å². The van der Waals surface area contributed by atoms with Gasteiger partial charge in [-0.15, -0.1) is 0 Å². The number of sulfonamides is 1. The smallest absolute Gasteiger partial charge is 0.312 e. The SMILES string of the molecule is COc1ccc(S(=O)(=O)N2CCN(C(=O)CCNC(=O)Cc3ccccc3)CC2)cc1[N+](=O)[O-]. The lowest BCUT2D eigenvalue weighted by Gasteiger charge is -2.34. The minimum Gasteiger partial charge on any atom is -0.490 e. The van der Waals surface area contributed by atoms with Crippen molar-refractivity contribution >= 4 is 27.5 Å². The highest BCUT2D eigenvalue weighted by atomic mass is 32.2. The summed E-state index contributed by atoms with van der Waals surface area (Å²) in [5, 5.41) is 13.9. The average Bonchev–Trinajstić information content (AvgIpc) is 2.84. The van der Waals surface area contributed by atoms with Gasteiger partial charge >= 0.3 is 5.69 Å². The van der Waals surface area contributed by atoms with Crippen LogP contribution in [-0.4, -0.2) is 74.2 Å². The molecule has 0 aliphatic carbocycles. The number of nitrogens with zero attached hydrogens (tertiary/aromatic N) is 3. The number of piperazine rings is 1. The molecule has 0 spiro atoms. The van der Waals surface area contributed by atoms with Gasteiger partial charge in [-0.05, 0) is 17.7 Å². The Kier molecular flexibility index (Phi) is 8.18. The Morgan fingerprint density at radius 3 is 2.38 bits per heavy atom. The number of carbonyl (C=O) groups is 2. The molecule has 2 aromatic carbocycles. The number of nitro groups is 1. The quantitative estimate of drug-likeness (QED) is 0.411. The van der Waals surface area contributed by atoms with Crippen molar-refractivity contribution in [1.29, 1.82) is 0 Å². The highest BCUT2D eigenvalue weighted by molar-refractivity contribution is 7.89. The van der Waals surface area contributed by atoms with E-state index in [9.17, 15) is 28.1 Å². The van der Waals surface area contributed by atoms with Gasteiger partial charge in [0.2, 0.25) is 21.8 Å². The molecule has 1 heterocycles. The molecule has 0 atom stereocenters. The van der Waals surface area contributed by atoms with E-state index in [1.165, 1.54) is 23.5 Å². The largest absolute Gasteiger partial charge is 0.490 e. The van der Waals surface area contributed by atoms with Crippen molar-refractivity contribution in [2.24, 2.45) is 0 Å². The van der Waals surface area contributed by atoms with Gasteiger partial charge in [0, 0.05) is 45.2 Å². The molecule has 0 saturated carbocycles. The second kappa shape index (κ2) is 11.1. The summed E-state index contributed by atoms with van der Waals surface area (Å²) < 4.78 is 32.0. The summed E-state index contributed by atoms with van der Waals surface area (Å²) >= 11 is 0. The van der Waals surface area contributed by atoms with Crippen molar-refractivity contribution < 1.29 is 27.7 Å². The van der Waals surface area contributed by atoms with E-state index < -0.39 is 20.6 Å². The zero-order chi connectivity index (χ0) is 24.7. The number of carbonyl (C=O) groups excluding carboxylic acids is 2. The molecule has 1 fully saturated rings. The normalized spacial score (nSPS) is 14.4. The summed E-state index contributed by atoms with van der Waals surface area (Å²) in [6.07, 6.45) is 0.340. The maximum Gasteiger partial charge on any atom is 0.312 e. The van der Waals surface area contributed by atoms with Gasteiger partial charge < -0.3 is 15.0 Å². The number of hydrogen-bond acceptors (Lipinski definition) is 7. The Bertz CT molecular complexity index is 1150. The van der Waals surface area contributed by atoms with Gasteiger partial charge in [0.25, 0.3) is 0 Å². The number of amides is 2. The Hall–Kier alpha value is -3.51. The van der Waals surface area contributed by atoms with Crippen LogP contribution in [-0.2, 0) is 26.0 Å². The third-order valence-corrected chi connectivity index (χ3v) is 7.34. The van der Waals surface area contributed by atoms with E-state index in [1.54, 1.807) is 4.90 Å². The first-order valence-corrected chi connectivity index (χ1v) is 12.1. The first kappa shape index (κ1) is 25.1. The first-order valence-electron chi connectivity index (χ1n) is 10.6. The summed E-state index contributed by atoms with van der Waals surface area (Å²) in [7, 11) is -2.71. The predicted molar refractivity (Wildman–Crippen MR) is 123 cm³/mol. The van der Waals surface area contributed by atoms with Crippen LogP contribution in [0, 0.1) is 10.1 Å². The van der Waals surface area contributed by atoms with Gasteiger partial charge in [-0.25, -0.2) is 8.42 Å². The first-order chi connectivity index (χ1) is 16.2. The molecule has 1 saturated heterocycles. The fourth-order valence-corrected chi connectivity index (χ4v) is 5.05. The third-order valence-electron chi connectivity index (χ3n) is 5.44. The molecule has 1 aliphatic rings. The van der Waals surface area contributed by atoms with E-state index in [-0.39, 0.29) is 68.0 Å². The van der Waals surface area contributed by atoms with Crippen molar-refractivity contribution in [3.63, 3.8) is 0 Å². The molecule has 12 heteroatoms. The van der Waals surface area contributed by atoms with Gasteiger partial charge in [-0.1, -0.05) is 30.3 Å². The summed E-state index contributed by atoms with van der Waals surface area (Å²) in [5.41, 5.74) is 0.442. The topological polar surface area (TPSA) is 139 Å². The van der Waals surface area contributed by atoms with Crippen LogP contribution in [0.1, 0.15) is 12.0 Å². The lowest BCUT2D eigenvalue weighted by molar-refractivity contribution is -0.386. The van der Waals surface area contributed by atoms with E-state index in [4.69, 9.17) is 4.74 Å². The number of benzene rings is 2. The maximum atomic E-state index is 12.9. The van der Waals surface area contributed by atoms with Crippen LogP contribution in [0.5, 0.6) is 5.75 Å². The zero-order valence-corrected chi connectivity index (χ0v) is 19.5. The second-order valence-corrected chi connectivity index (χ2v) is 9.58. The van der Waals surface area contributed by atoms with E-state index in [0.717, 1.165) is 11.6 Å². The molecule has 2 aromatic rings. The summed E-state index contributed by atoms with van der Waals surface area (Å²) in [6, 6.07) is 12.7. The Morgan fingerprint density at radius 1 is 1.09 bits per heavy atom. The molecule has 11 nitrogen and oxygen atoms in total. The average molecular weight is 491 g/mol. The van der Waals surface area contributed by atoms with Gasteiger partial charge in [0.1, 0.15) is 0 Å². The molecular weight excluding hydrogens is 464 g/mol. The number of hydrogen-bond donors (Lipinski definition) is 1. The highest BCUT2D eigenvalue weighted by Gasteiger charge is 2.31. The van der Waals surface area contributed by atoms with Crippen molar-refractivity contribution in [3.05, 3.63) is 64.2 Å². The second-order valence-electron chi connectivity index (χ2n) is 7.64.